The third-order valence-corrected chi connectivity index (χ3v) is 6.59. The number of benzene rings is 2. The summed E-state index contributed by atoms with van der Waals surface area (Å²) < 4.78 is 5.57. The second-order valence-electron chi connectivity index (χ2n) is 7.39. The highest BCUT2D eigenvalue weighted by Crippen LogP contribution is 2.40. The molecule has 2 aromatic carbocycles. The minimum absolute atomic E-state index is 0.0845. The molecule has 0 amide bonds. The maximum atomic E-state index is 10.3. The molecule has 1 aliphatic heterocycles. The topological polar surface area (TPSA) is 69.7 Å². The van der Waals surface area contributed by atoms with Crippen LogP contribution in [0, 0.1) is 0 Å². The highest BCUT2D eigenvalue weighted by atomic mass is 35.5. The van der Waals surface area contributed by atoms with Gasteiger partial charge >= 0.3 is 0 Å². The van der Waals surface area contributed by atoms with E-state index in [0.717, 1.165) is 30.8 Å². The maximum absolute atomic E-state index is 10.3. The fourth-order valence-corrected chi connectivity index (χ4v) is 4.91. The smallest absolute Gasteiger partial charge is 0.175 e. The fourth-order valence-electron chi connectivity index (χ4n) is 3.81. The number of hydrogen-bond acceptors (Lipinski definition) is 6. The lowest BCUT2D eigenvalue weighted by Gasteiger charge is -2.25. The first-order chi connectivity index (χ1) is 14.6. The number of hydrogen-bond donors (Lipinski definition) is 2. The fraction of sp³-hybridized carbons (Fsp3) is 0.174. The molecular formula is C23H19ClN2O3S. The van der Waals surface area contributed by atoms with Crippen LogP contribution in [0.15, 0.2) is 58.4 Å². The third-order valence-electron chi connectivity index (χ3n) is 5.37. The third kappa shape index (κ3) is 3.58. The highest BCUT2D eigenvalue weighted by molar-refractivity contribution is 7.10. The van der Waals surface area contributed by atoms with Crippen LogP contribution < -0.4 is 0 Å². The van der Waals surface area contributed by atoms with Crippen LogP contribution in [0.5, 0.6) is 11.5 Å². The average molecular weight is 439 g/mol. The van der Waals surface area contributed by atoms with Crippen molar-refractivity contribution in [3.63, 3.8) is 0 Å². The number of nitrogens with zero attached hydrogens (tertiary/aromatic N) is 2. The van der Waals surface area contributed by atoms with Gasteiger partial charge in [-0.3, -0.25) is 4.90 Å². The molecule has 2 N–H and O–H groups in total. The van der Waals surface area contributed by atoms with Crippen molar-refractivity contribution in [3.05, 3.63) is 75.1 Å². The van der Waals surface area contributed by atoms with Crippen LogP contribution in [0.4, 0.5) is 0 Å². The molecule has 0 spiro atoms. The lowest BCUT2D eigenvalue weighted by molar-refractivity contribution is 0.247. The summed E-state index contributed by atoms with van der Waals surface area (Å²) in [7, 11) is 0. The van der Waals surface area contributed by atoms with E-state index in [0.29, 0.717) is 17.9 Å². The van der Waals surface area contributed by atoms with Crippen LogP contribution >= 0.6 is 22.9 Å². The number of thiophene rings is 1. The van der Waals surface area contributed by atoms with E-state index in [1.807, 2.05) is 6.07 Å². The molecule has 30 heavy (non-hydrogen) atoms. The van der Waals surface area contributed by atoms with Gasteiger partial charge in [0.05, 0.1) is 16.3 Å². The van der Waals surface area contributed by atoms with Crippen LogP contribution in [0.1, 0.15) is 16.1 Å². The molecular weight excluding hydrogens is 420 g/mol. The van der Waals surface area contributed by atoms with Crippen LogP contribution in [-0.2, 0) is 19.5 Å². The molecule has 0 fully saturated rings. The van der Waals surface area contributed by atoms with E-state index in [-0.39, 0.29) is 16.5 Å². The molecule has 7 heteroatoms. The summed E-state index contributed by atoms with van der Waals surface area (Å²) in [5.41, 5.74) is 4.76. The second kappa shape index (κ2) is 7.80. The Kier molecular flexibility index (Phi) is 4.98. The first-order valence-corrected chi connectivity index (χ1v) is 10.9. The molecule has 0 saturated heterocycles. The van der Waals surface area contributed by atoms with E-state index in [1.54, 1.807) is 11.3 Å². The molecule has 0 atom stereocenters. The standard InChI is InChI=1S/C23H19ClN2O3S/c24-19-9-17(21(27)10-22(19)28)23-18-12-26(7-6-20(18)25-29-23)11-16-8-15(13-30-16)14-4-2-1-3-5-14/h1-5,8-10,13,27-28H,6-7,11-12H2. The Balaban J connectivity index is 1.38. The minimum Gasteiger partial charge on any atom is -0.507 e. The minimum atomic E-state index is -0.167. The zero-order valence-corrected chi connectivity index (χ0v) is 17.6. The molecule has 5 nitrogen and oxygen atoms in total. The predicted molar refractivity (Wildman–Crippen MR) is 118 cm³/mol. The van der Waals surface area contributed by atoms with Gasteiger partial charge in [-0.2, -0.15) is 0 Å². The van der Waals surface area contributed by atoms with E-state index in [2.05, 4.69) is 45.8 Å². The van der Waals surface area contributed by atoms with Gasteiger partial charge in [0.2, 0.25) is 0 Å². The van der Waals surface area contributed by atoms with Crippen molar-refractivity contribution in [2.24, 2.45) is 0 Å². The van der Waals surface area contributed by atoms with Crippen molar-refractivity contribution >= 4 is 22.9 Å². The van der Waals surface area contributed by atoms with Crippen molar-refractivity contribution in [2.75, 3.05) is 6.54 Å². The number of phenols is 2. The van der Waals surface area contributed by atoms with Gasteiger partial charge in [-0.05, 0) is 28.6 Å². The SMILES string of the molecule is Oc1cc(O)c(-c2onc3c2CN(Cc2cc(-c4ccccc4)cs2)CC3)cc1Cl. The van der Waals surface area contributed by atoms with Crippen LogP contribution in [0.25, 0.3) is 22.5 Å². The Bertz CT molecular complexity index is 1200. The van der Waals surface area contributed by atoms with Crippen molar-refractivity contribution < 1.29 is 14.7 Å². The lowest BCUT2D eigenvalue weighted by atomic mass is 10.0. The second-order valence-corrected chi connectivity index (χ2v) is 8.79. The van der Waals surface area contributed by atoms with Crippen LogP contribution in [0.2, 0.25) is 5.02 Å². The number of fused-ring (bicyclic) bond motifs is 1. The van der Waals surface area contributed by atoms with E-state index in [4.69, 9.17) is 16.1 Å². The normalized spacial score (nSPS) is 14.0. The number of halogens is 1. The lowest BCUT2D eigenvalue weighted by Crippen LogP contribution is -2.29. The molecule has 5 rings (SSSR count). The summed E-state index contributed by atoms with van der Waals surface area (Å²) in [4.78, 5) is 3.65. The molecule has 0 unspecified atom stereocenters. The van der Waals surface area contributed by atoms with E-state index >= 15 is 0 Å². The summed E-state index contributed by atoms with van der Waals surface area (Å²) in [6.07, 6.45) is 0.780. The van der Waals surface area contributed by atoms with E-state index < -0.39 is 0 Å². The summed E-state index contributed by atoms with van der Waals surface area (Å²) in [5.74, 6) is 0.254. The van der Waals surface area contributed by atoms with Gasteiger partial charge in [0.1, 0.15) is 11.5 Å². The van der Waals surface area contributed by atoms with Gasteiger partial charge in [0, 0.05) is 42.6 Å². The van der Waals surface area contributed by atoms with Crippen molar-refractivity contribution in [3.8, 4) is 33.9 Å². The number of phenolic OH excluding ortho intramolecular Hbond substituents is 2. The monoisotopic (exact) mass is 438 g/mol. The largest absolute Gasteiger partial charge is 0.507 e. The Labute approximate surface area is 182 Å². The molecule has 152 valence electrons. The molecule has 0 saturated carbocycles. The highest BCUT2D eigenvalue weighted by Gasteiger charge is 2.27. The van der Waals surface area contributed by atoms with Gasteiger partial charge in [0.15, 0.2) is 5.76 Å². The summed E-state index contributed by atoms with van der Waals surface area (Å²) in [6.45, 7) is 2.40. The van der Waals surface area contributed by atoms with Gasteiger partial charge in [0.25, 0.3) is 0 Å². The molecule has 0 aliphatic carbocycles. The van der Waals surface area contributed by atoms with Gasteiger partial charge in [-0.25, -0.2) is 0 Å². The quantitative estimate of drug-likeness (QED) is 0.428. The predicted octanol–water partition coefficient (Wildman–Crippen LogP) is 5.69. The Morgan fingerprint density at radius 2 is 1.90 bits per heavy atom. The molecule has 0 bridgehead atoms. The van der Waals surface area contributed by atoms with Gasteiger partial charge in [-0.1, -0.05) is 47.1 Å². The summed E-state index contributed by atoms with van der Waals surface area (Å²) >= 11 is 7.80. The first kappa shape index (κ1) is 19.2. The molecule has 0 radical (unpaired) electrons. The molecule has 2 aromatic heterocycles. The summed E-state index contributed by atoms with van der Waals surface area (Å²) in [6, 6.07) is 15.4. The van der Waals surface area contributed by atoms with E-state index in [9.17, 15) is 10.2 Å². The molecule has 3 heterocycles. The van der Waals surface area contributed by atoms with Crippen LogP contribution in [0.3, 0.4) is 0 Å². The van der Waals surface area contributed by atoms with Crippen molar-refractivity contribution in [2.45, 2.75) is 19.5 Å². The van der Waals surface area contributed by atoms with Crippen molar-refractivity contribution in [1.29, 1.82) is 0 Å². The van der Waals surface area contributed by atoms with Gasteiger partial charge in [-0.15, -0.1) is 11.3 Å². The first-order valence-electron chi connectivity index (χ1n) is 9.63. The zero-order chi connectivity index (χ0) is 20.7. The number of aromatic nitrogens is 1. The molecule has 4 aromatic rings. The zero-order valence-electron chi connectivity index (χ0n) is 16.0. The Morgan fingerprint density at radius 3 is 2.73 bits per heavy atom. The molecule has 1 aliphatic rings. The number of aromatic hydroxyl groups is 2. The Hall–Kier alpha value is -2.80. The van der Waals surface area contributed by atoms with E-state index in [1.165, 1.54) is 28.1 Å². The average Bonchev–Trinajstić information content (AvgIpc) is 3.38. The maximum Gasteiger partial charge on any atom is 0.175 e. The number of rotatable bonds is 4. The Morgan fingerprint density at radius 1 is 1.07 bits per heavy atom. The van der Waals surface area contributed by atoms with Crippen molar-refractivity contribution in [1.82, 2.24) is 10.1 Å². The van der Waals surface area contributed by atoms with Gasteiger partial charge < -0.3 is 14.7 Å². The van der Waals surface area contributed by atoms with Crippen LogP contribution in [-0.4, -0.2) is 26.8 Å². The summed E-state index contributed by atoms with van der Waals surface area (Å²) in [5, 5.41) is 26.5.